The molecule has 0 unspecified atom stereocenters. The van der Waals surface area contributed by atoms with Crippen LogP contribution in [0.2, 0.25) is 0 Å². The molecule has 2 N–H and O–H groups in total. The molecule has 0 bridgehead atoms. The topological polar surface area (TPSA) is 65.9 Å². The number of nitriles is 1. The molecule has 1 saturated heterocycles. The van der Waals surface area contributed by atoms with Gasteiger partial charge >= 0.3 is 0 Å². The quantitative estimate of drug-likeness (QED) is 0.808. The van der Waals surface area contributed by atoms with Crippen molar-refractivity contribution in [1.82, 2.24) is 4.98 Å². The largest absolute Gasteiger partial charge is 0.352 e. The van der Waals surface area contributed by atoms with Crippen molar-refractivity contribution in [3.8, 4) is 6.07 Å². The lowest BCUT2D eigenvalue weighted by molar-refractivity contribution is 0.462. The molecule has 16 heavy (non-hydrogen) atoms. The van der Waals surface area contributed by atoms with Gasteiger partial charge in [0, 0.05) is 25.3 Å². The second kappa shape index (κ2) is 4.95. The Labute approximate surface area is 95.7 Å². The molecule has 4 nitrogen and oxygen atoms in total. The first kappa shape index (κ1) is 10.9. The first-order valence-electron chi connectivity index (χ1n) is 5.68. The molecule has 84 valence electrons. The molecule has 0 aliphatic carbocycles. The standard InChI is InChI=1S/C12H16N4/c13-8-10-4-5-15-12(7-10)16-6-2-1-3-11(16)9-14/h4-5,7,11H,1-3,6,9,14H2/t11-/m1/s1. The maximum Gasteiger partial charge on any atom is 0.130 e. The highest BCUT2D eigenvalue weighted by Gasteiger charge is 2.22. The third-order valence-corrected chi connectivity index (χ3v) is 3.07. The van der Waals surface area contributed by atoms with E-state index in [2.05, 4.69) is 16.0 Å². The summed E-state index contributed by atoms with van der Waals surface area (Å²) in [6.07, 6.45) is 5.22. The minimum absolute atomic E-state index is 0.371. The van der Waals surface area contributed by atoms with Crippen LogP contribution >= 0.6 is 0 Å². The van der Waals surface area contributed by atoms with Crippen molar-refractivity contribution >= 4 is 5.82 Å². The minimum atomic E-state index is 0.371. The van der Waals surface area contributed by atoms with Crippen molar-refractivity contribution in [3.63, 3.8) is 0 Å². The van der Waals surface area contributed by atoms with Gasteiger partial charge in [0.2, 0.25) is 0 Å². The average Bonchev–Trinajstić information content (AvgIpc) is 2.38. The number of nitrogens with zero attached hydrogens (tertiary/aromatic N) is 3. The molecule has 1 atom stereocenters. The smallest absolute Gasteiger partial charge is 0.130 e. The van der Waals surface area contributed by atoms with Gasteiger partial charge in [0.25, 0.3) is 0 Å². The Kier molecular flexibility index (Phi) is 3.37. The van der Waals surface area contributed by atoms with Gasteiger partial charge in [-0.2, -0.15) is 5.26 Å². The van der Waals surface area contributed by atoms with Crippen molar-refractivity contribution in [1.29, 1.82) is 5.26 Å². The van der Waals surface area contributed by atoms with Crippen molar-refractivity contribution in [2.24, 2.45) is 5.73 Å². The summed E-state index contributed by atoms with van der Waals surface area (Å²) in [6.45, 7) is 1.64. The predicted molar refractivity (Wildman–Crippen MR) is 63.0 cm³/mol. The summed E-state index contributed by atoms with van der Waals surface area (Å²) in [5, 5.41) is 8.86. The number of nitrogens with two attached hydrogens (primary N) is 1. The molecule has 2 rings (SSSR count). The van der Waals surface area contributed by atoms with E-state index in [1.54, 1.807) is 12.3 Å². The Morgan fingerprint density at radius 3 is 3.19 bits per heavy atom. The third-order valence-electron chi connectivity index (χ3n) is 3.07. The zero-order chi connectivity index (χ0) is 11.4. The zero-order valence-corrected chi connectivity index (χ0v) is 9.26. The minimum Gasteiger partial charge on any atom is -0.352 e. The van der Waals surface area contributed by atoms with Crippen LogP contribution in [0.4, 0.5) is 5.82 Å². The Morgan fingerprint density at radius 2 is 2.44 bits per heavy atom. The fraction of sp³-hybridized carbons (Fsp3) is 0.500. The highest BCUT2D eigenvalue weighted by Crippen LogP contribution is 2.22. The number of rotatable bonds is 2. The van der Waals surface area contributed by atoms with Gasteiger partial charge in [-0.25, -0.2) is 4.98 Å². The van der Waals surface area contributed by atoms with Crippen LogP contribution in [0.1, 0.15) is 24.8 Å². The first-order valence-corrected chi connectivity index (χ1v) is 5.68. The van der Waals surface area contributed by atoms with Crippen LogP contribution in [0.25, 0.3) is 0 Å². The molecule has 0 radical (unpaired) electrons. The molecule has 0 spiro atoms. The molecular weight excluding hydrogens is 200 g/mol. The van der Waals surface area contributed by atoms with E-state index in [1.807, 2.05) is 6.07 Å². The summed E-state index contributed by atoms with van der Waals surface area (Å²) >= 11 is 0. The Morgan fingerprint density at radius 1 is 1.56 bits per heavy atom. The highest BCUT2D eigenvalue weighted by atomic mass is 15.2. The van der Waals surface area contributed by atoms with Crippen LogP contribution in [-0.4, -0.2) is 24.1 Å². The summed E-state index contributed by atoms with van der Waals surface area (Å²) in [5.74, 6) is 0.884. The molecule has 1 aromatic rings. The Bertz CT molecular complexity index is 396. The molecule has 0 amide bonds. The number of pyridine rings is 1. The normalized spacial score (nSPS) is 20.5. The fourth-order valence-corrected chi connectivity index (χ4v) is 2.19. The van der Waals surface area contributed by atoms with Gasteiger partial charge in [-0.3, -0.25) is 0 Å². The molecule has 0 aromatic carbocycles. The van der Waals surface area contributed by atoms with Crippen LogP contribution in [0, 0.1) is 11.3 Å². The second-order valence-corrected chi connectivity index (χ2v) is 4.09. The first-order chi connectivity index (χ1) is 7.85. The molecule has 1 fully saturated rings. The van der Waals surface area contributed by atoms with E-state index in [-0.39, 0.29) is 0 Å². The molecule has 1 aromatic heterocycles. The van der Waals surface area contributed by atoms with E-state index in [1.165, 1.54) is 12.8 Å². The van der Waals surface area contributed by atoms with E-state index in [9.17, 15) is 0 Å². The lowest BCUT2D eigenvalue weighted by atomic mass is 10.0. The van der Waals surface area contributed by atoms with Gasteiger partial charge in [0.05, 0.1) is 11.6 Å². The summed E-state index contributed by atoms with van der Waals surface area (Å²) in [4.78, 5) is 6.56. The molecule has 2 heterocycles. The maximum absolute atomic E-state index is 8.86. The van der Waals surface area contributed by atoms with Crippen molar-refractivity contribution in [2.45, 2.75) is 25.3 Å². The Hall–Kier alpha value is -1.60. The van der Waals surface area contributed by atoms with Crippen molar-refractivity contribution < 1.29 is 0 Å². The lowest BCUT2D eigenvalue weighted by Crippen LogP contribution is -2.44. The van der Waals surface area contributed by atoms with E-state index in [0.29, 0.717) is 18.2 Å². The number of hydrogen-bond acceptors (Lipinski definition) is 4. The third kappa shape index (κ3) is 2.15. The summed E-state index contributed by atoms with van der Waals surface area (Å²) in [6, 6.07) is 6.08. The van der Waals surface area contributed by atoms with E-state index < -0.39 is 0 Å². The predicted octanol–water partition coefficient (Wildman–Crippen LogP) is 1.27. The van der Waals surface area contributed by atoms with Gasteiger partial charge < -0.3 is 10.6 Å². The lowest BCUT2D eigenvalue weighted by Gasteiger charge is -2.36. The van der Waals surface area contributed by atoms with Gasteiger partial charge in [-0.15, -0.1) is 0 Å². The summed E-state index contributed by atoms with van der Waals surface area (Å²) < 4.78 is 0. The van der Waals surface area contributed by atoms with E-state index in [0.717, 1.165) is 18.8 Å². The maximum atomic E-state index is 8.86. The molecule has 0 saturated carbocycles. The molecule has 4 heteroatoms. The van der Waals surface area contributed by atoms with Gasteiger partial charge in [-0.05, 0) is 31.4 Å². The van der Waals surface area contributed by atoms with Crippen LogP contribution < -0.4 is 10.6 Å². The van der Waals surface area contributed by atoms with Gasteiger partial charge in [-0.1, -0.05) is 0 Å². The molecule has 1 aliphatic rings. The molecule has 1 aliphatic heterocycles. The number of anilines is 1. The van der Waals surface area contributed by atoms with E-state index >= 15 is 0 Å². The zero-order valence-electron chi connectivity index (χ0n) is 9.26. The SMILES string of the molecule is N#Cc1ccnc(N2CCCC[C@@H]2CN)c1. The average molecular weight is 216 g/mol. The van der Waals surface area contributed by atoms with Crippen LogP contribution in [0.15, 0.2) is 18.3 Å². The summed E-state index contributed by atoms with van der Waals surface area (Å²) in [5.41, 5.74) is 6.43. The van der Waals surface area contributed by atoms with Crippen LogP contribution in [-0.2, 0) is 0 Å². The van der Waals surface area contributed by atoms with Crippen molar-refractivity contribution in [3.05, 3.63) is 23.9 Å². The fourth-order valence-electron chi connectivity index (χ4n) is 2.19. The number of aromatic nitrogens is 1. The van der Waals surface area contributed by atoms with E-state index in [4.69, 9.17) is 11.0 Å². The number of hydrogen-bond donors (Lipinski definition) is 1. The van der Waals surface area contributed by atoms with Crippen LogP contribution in [0.5, 0.6) is 0 Å². The monoisotopic (exact) mass is 216 g/mol. The summed E-state index contributed by atoms with van der Waals surface area (Å²) in [7, 11) is 0. The Balaban J connectivity index is 2.24. The van der Waals surface area contributed by atoms with Gasteiger partial charge in [0.15, 0.2) is 0 Å². The van der Waals surface area contributed by atoms with Gasteiger partial charge in [0.1, 0.15) is 5.82 Å². The van der Waals surface area contributed by atoms with Crippen molar-refractivity contribution in [2.75, 3.05) is 18.0 Å². The molecular formula is C12H16N4. The number of piperidine rings is 1. The van der Waals surface area contributed by atoms with Crippen LogP contribution in [0.3, 0.4) is 0 Å². The second-order valence-electron chi connectivity index (χ2n) is 4.09. The highest BCUT2D eigenvalue weighted by molar-refractivity contribution is 5.46.